The van der Waals surface area contributed by atoms with Crippen LogP contribution in [0.4, 0.5) is 22.0 Å². The zero-order chi connectivity index (χ0) is 12.0. The van der Waals surface area contributed by atoms with Crippen molar-refractivity contribution in [2.75, 3.05) is 0 Å². The third-order valence-corrected chi connectivity index (χ3v) is 2.10. The lowest BCUT2D eigenvalue weighted by Crippen LogP contribution is -2.33. The Morgan fingerprint density at radius 1 is 1.06 bits per heavy atom. The van der Waals surface area contributed by atoms with Crippen LogP contribution in [0.25, 0.3) is 11.0 Å². The van der Waals surface area contributed by atoms with Gasteiger partial charge in [0.15, 0.2) is 0 Å². The van der Waals surface area contributed by atoms with Crippen molar-refractivity contribution in [1.29, 1.82) is 0 Å². The highest BCUT2D eigenvalue weighted by atomic mass is 19.4. The molecule has 0 fully saturated rings. The first kappa shape index (κ1) is 10.9. The summed E-state index contributed by atoms with van der Waals surface area (Å²) in [5.74, 6) is -4.87. The number of hydrogen-bond donors (Lipinski definition) is 0. The average Bonchev–Trinajstić information content (AvgIpc) is 2.61. The molecule has 0 saturated heterocycles. The Bertz CT molecular complexity index is 511. The lowest BCUT2D eigenvalue weighted by Gasteiger charge is -2.19. The highest BCUT2D eigenvalue weighted by molar-refractivity contribution is 5.77. The maximum absolute atomic E-state index is 12.9. The summed E-state index contributed by atoms with van der Waals surface area (Å²) in [5, 5.41) is 0.0847. The second kappa shape index (κ2) is 3.20. The Labute approximate surface area is 86.5 Å². The summed E-state index contributed by atoms with van der Waals surface area (Å²) < 4.78 is 66.8. The predicted molar refractivity (Wildman–Crippen MR) is 45.0 cm³/mol. The van der Waals surface area contributed by atoms with E-state index in [1.807, 2.05) is 0 Å². The van der Waals surface area contributed by atoms with E-state index < -0.39 is 17.7 Å². The van der Waals surface area contributed by atoms with Crippen molar-refractivity contribution >= 4 is 11.0 Å². The summed E-state index contributed by atoms with van der Waals surface area (Å²) in [7, 11) is 0. The Kier molecular flexibility index (Phi) is 2.18. The van der Waals surface area contributed by atoms with Gasteiger partial charge in [-0.15, -0.1) is 0 Å². The fraction of sp³-hybridized carbons (Fsp3) is 0.200. The fourth-order valence-corrected chi connectivity index (χ4v) is 1.26. The number of furan rings is 1. The van der Waals surface area contributed by atoms with Gasteiger partial charge >= 0.3 is 12.1 Å². The molecule has 2 aromatic rings. The van der Waals surface area contributed by atoms with E-state index in [9.17, 15) is 22.0 Å². The first-order valence-corrected chi connectivity index (χ1v) is 4.16. The van der Waals surface area contributed by atoms with Crippen LogP contribution < -0.4 is 0 Å². The molecule has 0 atom stereocenters. The molecule has 1 aromatic heterocycles. The number of hydrogen-bond acceptors (Lipinski definition) is 1. The van der Waals surface area contributed by atoms with E-state index in [0.717, 1.165) is 12.3 Å². The van der Waals surface area contributed by atoms with Crippen molar-refractivity contribution < 1.29 is 26.4 Å². The SMILES string of the molecule is FC(F)(F)C(F)(F)c1ccc2oc[c]c2c1. The summed E-state index contributed by atoms with van der Waals surface area (Å²) in [5.41, 5.74) is -0.910. The third-order valence-electron chi connectivity index (χ3n) is 2.10. The molecule has 16 heavy (non-hydrogen) atoms. The van der Waals surface area contributed by atoms with Crippen LogP contribution >= 0.6 is 0 Å². The van der Waals surface area contributed by atoms with Crippen LogP contribution in [0.15, 0.2) is 28.9 Å². The molecule has 2 rings (SSSR count). The van der Waals surface area contributed by atoms with E-state index in [2.05, 4.69) is 6.07 Å². The van der Waals surface area contributed by atoms with Crippen LogP contribution in [-0.2, 0) is 5.92 Å². The van der Waals surface area contributed by atoms with E-state index in [1.165, 1.54) is 0 Å². The number of halogens is 5. The molecule has 85 valence electrons. The Morgan fingerprint density at radius 3 is 2.38 bits per heavy atom. The number of rotatable bonds is 1. The lowest BCUT2D eigenvalue weighted by atomic mass is 10.1. The fourth-order valence-electron chi connectivity index (χ4n) is 1.26. The van der Waals surface area contributed by atoms with Crippen molar-refractivity contribution in [3.8, 4) is 0 Å². The van der Waals surface area contributed by atoms with Gasteiger partial charge in [-0.1, -0.05) is 0 Å². The van der Waals surface area contributed by atoms with Crippen LogP contribution in [0.3, 0.4) is 0 Å². The van der Waals surface area contributed by atoms with Gasteiger partial charge in [0.1, 0.15) is 5.58 Å². The molecule has 0 N–H and O–H groups in total. The highest BCUT2D eigenvalue weighted by Gasteiger charge is 2.58. The van der Waals surface area contributed by atoms with Gasteiger partial charge in [-0.2, -0.15) is 22.0 Å². The Balaban J connectivity index is 2.54. The van der Waals surface area contributed by atoms with E-state index in [-0.39, 0.29) is 11.0 Å². The third kappa shape index (κ3) is 1.54. The van der Waals surface area contributed by atoms with E-state index in [4.69, 9.17) is 4.42 Å². The molecule has 0 bridgehead atoms. The number of fused-ring (bicyclic) bond motifs is 1. The monoisotopic (exact) mass is 235 g/mol. The quantitative estimate of drug-likeness (QED) is 0.683. The molecule has 0 unspecified atom stereocenters. The number of alkyl halides is 5. The van der Waals surface area contributed by atoms with Crippen molar-refractivity contribution in [1.82, 2.24) is 0 Å². The molecule has 0 amide bonds. The summed E-state index contributed by atoms with van der Waals surface area (Å²) in [6, 6.07) is 4.87. The van der Waals surface area contributed by atoms with Crippen LogP contribution in [0.5, 0.6) is 0 Å². The molecule has 6 heteroatoms. The molecule has 1 nitrogen and oxygen atoms in total. The van der Waals surface area contributed by atoms with Gasteiger partial charge in [-0.05, 0) is 18.2 Å². The van der Waals surface area contributed by atoms with Crippen LogP contribution in [0, 0.1) is 6.07 Å². The van der Waals surface area contributed by atoms with Gasteiger partial charge in [0, 0.05) is 17.0 Å². The van der Waals surface area contributed by atoms with Gasteiger partial charge in [0.2, 0.25) is 0 Å². The minimum absolute atomic E-state index is 0.0847. The number of benzene rings is 1. The van der Waals surface area contributed by atoms with Gasteiger partial charge in [0.25, 0.3) is 0 Å². The summed E-state index contributed by atoms with van der Waals surface area (Å²) in [6.45, 7) is 0. The van der Waals surface area contributed by atoms with E-state index in [1.54, 1.807) is 0 Å². The largest absolute Gasteiger partial charge is 0.464 e. The average molecular weight is 235 g/mol. The summed E-state index contributed by atoms with van der Waals surface area (Å²) in [4.78, 5) is 0. The van der Waals surface area contributed by atoms with E-state index in [0.29, 0.717) is 12.1 Å². The Hall–Kier alpha value is -1.59. The molecule has 1 radical (unpaired) electrons. The van der Waals surface area contributed by atoms with E-state index >= 15 is 0 Å². The maximum atomic E-state index is 12.9. The molecule has 0 spiro atoms. The van der Waals surface area contributed by atoms with Crippen molar-refractivity contribution in [3.63, 3.8) is 0 Å². The van der Waals surface area contributed by atoms with Crippen molar-refractivity contribution in [3.05, 3.63) is 36.1 Å². The van der Waals surface area contributed by atoms with Crippen LogP contribution in [0.2, 0.25) is 0 Å². The first-order valence-electron chi connectivity index (χ1n) is 4.16. The molecular formula is C10H4F5O. The molecule has 0 aliphatic rings. The second-order valence-corrected chi connectivity index (χ2v) is 3.16. The second-order valence-electron chi connectivity index (χ2n) is 3.16. The zero-order valence-corrected chi connectivity index (χ0v) is 7.61. The van der Waals surface area contributed by atoms with Crippen molar-refractivity contribution in [2.24, 2.45) is 0 Å². The van der Waals surface area contributed by atoms with Gasteiger partial charge < -0.3 is 4.42 Å². The molecule has 1 aromatic carbocycles. The first-order chi connectivity index (χ1) is 7.32. The molecule has 1 heterocycles. The zero-order valence-electron chi connectivity index (χ0n) is 7.61. The predicted octanol–water partition coefficient (Wildman–Crippen LogP) is 3.89. The van der Waals surface area contributed by atoms with Crippen LogP contribution in [0.1, 0.15) is 5.56 Å². The summed E-state index contributed by atoms with van der Waals surface area (Å²) >= 11 is 0. The minimum Gasteiger partial charge on any atom is -0.464 e. The van der Waals surface area contributed by atoms with Crippen molar-refractivity contribution in [2.45, 2.75) is 12.1 Å². The smallest absolute Gasteiger partial charge is 0.458 e. The Morgan fingerprint density at radius 2 is 1.75 bits per heavy atom. The van der Waals surface area contributed by atoms with Gasteiger partial charge in [0.05, 0.1) is 6.26 Å². The van der Waals surface area contributed by atoms with Gasteiger partial charge in [-0.25, -0.2) is 0 Å². The molecule has 0 aliphatic carbocycles. The molecule has 0 aliphatic heterocycles. The lowest BCUT2D eigenvalue weighted by molar-refractivity contribution is -0.289. The van der Waals surface area contributed by atoms with Crippen LogP contribution in [-0.4, -0.2) is 6.18 Å². The minimum atomic E-state index is -5.61. The topological polar surface area (TPSA) is 13.1 Å². The van der Waals surface area contributed by atoms with Gasteiger partial charge in [-0.3, -0.25) is 0 Å². The normalized spacial score (nSPS) is 13.3. The highest BCUT2D eigenvalue weighted by Crippen LogP contribution is 2.44. The standard InChI is InChI=1S/C10H4F5O/c11-9(12,10(13,14)15)7-1-2-8-6(5-7)3-4-16-8/h1-2,4-5H. The summed E-state index contributed by atoms with van der Waals surface area (Å²) in [6.07, 6.45) is -4.51. The molecular weight excluding hydrogens is 231 g/mol. The maximum Gasteiger partial charge on any atom is 0.458 e. The molecule has 0 saturated carbocycles.